The molecular formula is C37H20N2OS. The Morgan fingerprint density at radius 3 is 2.32 bits per heavy atom. The summed E-state index contributed by atoms with van der Waals surface area (Å²) < 4.78 is 11.5. The highest BCUT2D eigenvalue weighted by atomic mass is 32.1. The molecule has 0 aliphatic carbocycles. The van der Waals surface area contributed by atoms with Crippen LogP contribution in [0.5, 0.6) is 0 Å². The maximum atomic E-state index is 9.56. The summed E-state index contributed by atoms with van der Waals surface area (Å²) in [5.74, 6) is 0. The zero-order chi connectivity index (χ0) is 27.1. The lowest BCUT2D eigenvalue weighted by atomic mass is 9.98. The van der Waals surface area contributed by atoms with Gasteiger partial charge in [0.15, 0.2) is 5.58 Å². The lowest BCUT2D eigenvalue weighted by molar-refractivity contribution is 0.666. The van der Waals surface area contributed by atoms with Gasteiger partial charge in [0.05, 0.1) is 28.4 Å². The highest BCUT2D eigenvalue weighted by Crippen LogP contribution is 2.43. The molecular weight excluding hydrogens is 520 g/mol. The molecule has 0 radical (unpaired) electrons. The van der Waals surface area contributed by atoms with Crippen molar-refractivity contribution in [2.45, 2.75) is 0 Å². The number of rotatable bonds is 2. The molecule has 9 aromatic rings. The van der Waals surface area contributed by atoms with Gasteiger partial charge in [-0.3, -0.25) is 0 Å². The van der Waals surface area contributed by atoms with Crippen molar-refractivity contribution in [3.05, 3.63) is 127 Å². The van der Waals surface area contributed by atoms with Crippen LogP contribution in [-0.2, 0) is 0 Å². The van der Waals surface area contributed by atoms with Gasteiger partial charge in [-0.1, -0.05) is 72.8 Å². The molecule has 0 unspecified atom stereocenters. The van der Waals surface area contributed by atoms with Crippen LogP contribution in [0.25, 0.3) is 80.7 Å². The number of aromatic nitrogens is 1. The van der Waals surface area contributed by atoms with Gasteiger partial charge in [-0.15, -0.1) is 11.3 Å². The zero-order valence-electron chi connectivity index (χ0n) is 21.8. The third-order valence-electron chi connectivity index (χ3n) is 8.23. The van der Waals surface area contributed by atoms with E-state index in [4.69, 9.17) is 4.42 Å². The van der Waals surface area contributed by atoms with Crippen molar-refractivity contribution < 1.29 is 4.42 Å². The number of nitrogens with zero attached hydrogens (tertiary/aromatic N) is 2. The second-order valence-corrected chi connectivity index (χ2v) is 11.5. The highest BCUT2D eigenvalue weighted by molar-refractivity contribution is 7.25. The summed E-state index contributed by atoms with van der Waals surface area (Å²) in [4.78, 5) is 0. The van der Waals surface area contributed by atoms with E-state index in [0.29, 0.717) is 5.56 Å². The summed E-state index contributed by atoms with van der Waals surface area (Å²) in [7, 11) is 0. The van der Waals surface area contributed by atoms with E-state index in [1.807, 2.05) is 35.6 Å². The van der Waals surface area contributed by atoms with Crippen molar-refractivity contribution in [3.8, 4) is 22.9 Å². The van der Waals surface area contributed by atoms with Crippen LogP contribution in [0.3, 0.4) is 0 Å². The van der Waals surface area contributed by atoms with Crippen molar-refractivity contribution >= 4 is 75.3 Å². The Kier molecular flexibility index (Phi) is 4.55. The average Bonchev–Trinajstić information content (AvgIpc) is 3.69. The number of fused-ring (bicyclic) bond motifs is 9. The van der Waals surface area contributed by atoms with Crippen molar-refractivity contribution in [2.75, 3.05) is 0 Å². The van der Waals surface area contributed by atoms with Gasteiger partial charge in [0, 0.05) is 41.7 Å². The Morgan fingerprint density at radius 2 is 1.39 bits per heavy atom. The maximum absolute atomic E-state index is 9.56. The summed E-state index contributed by atoms with van der Waals surface area (Å²) in [5, 5.41) is 16.6. The van der Waals surface area contributed by atoms with Crippen LogP contribution in [0, 0.1) is 11.3 Å². The van der Waals surface area contributed by atoms with Crippen molar-refractivity contribution in [1.29, 1.82) is 5.26 Å². The van der Waals surface area contributed by atoms with Crippen LogP contribution in [0.4, 0.5) is 0 Å². The fourth-order valence-corrected chi connectivity index (χ4v) is 7.59. The van der Waals surface area contributed by atoms with Crippen molar-refractivity contribution in [2.24, 2.45) is 0 Å². The molecule has 0 fully saturated rings. The number of para-hydroxylation sites is 2. The molecule has 41 heavy (non-hydrogen) atoms. The van der Waals surface area contributed by atoms with Gasteiger partial charge < -0.3 is 8.98 Å². The predicted molar refractivity (Wildman–Crippen MR) is 171 cm³/mol. The minimum absolute atomic E-state index is 0.655. The van der Waals surface area contributed by atoms with Crippen LogP contribution in [0.1, 0.15) is 5.56 Å². The molecule has 0 N–H and O–H groups in total. The fraction of sp³-hybridized carbons (Fsp3) is 0. The Labute approximate surface area is 238 Å². The first kappa shape index (κ1) is 22.4. The molecule has 0 aliphatic heterocycles. The topological polar surface area (TPSA) is 41.9 Å². The van der Waals surface area contributed by atoms with Gasteiger partial charge in [-0.05, 0) is 59.7 Å². The Hall–Kier alpha value is -5.37. The van der Waals surface area contributed by atoms with Gasteiger partial charge in [0.25, 0.3) is 0 Å². The van der Waals surface area contributed by atoms with E-state index in [1.165, 1.54) is 31.3 Å². The van der Waals surface area contributed by atoms with E-state index in [1.54, 1.807) is 0 Å². The summed E-state index contributed by atoms with van der Waals surface area (Å²) in [6, 6.07) is 44.7. The minimum Gasteiger partial charge on any atom is -0.454 e. The Bertz CT molecular complexity index is 2560. The number of thiophene rings is 1. The van der Waals surface area contributed by atoms with Gasteiger partial charge in [-0.25, -0.2) is 0 Å². The third-order valence-corrected chi connectivity index (χ3v) is 9.37. The summed E-state index contributed by atoms with van der Waals surface area (Å²) >= 11 is 1.84. The molecule has 0 saturated heterocycles. The van der Waals surface area contributed by atoms with E-state index < -0.39 is 0 Å². The SMILES string of the molecule is N#Cc1ccc2c(c1)c1ccccc1n2-c1cccc2c1oc1cccc(-c3ccc4c(c3)sc3ccccc34)c12. The van der Waals surface area contributed by atoms with E-state index in [-0.39, 0.29) is 0 Å². The molecule has 3 heterocycles. The standard InChI is InChI=1S/C37H20N2OS/c38-21-22-15-18-31-29(19-22)25-7-1-3-11-30(25)39(31)32-12-5-10-28-36-24(9-6-13-33(36)40-37(28)32)23-16-17-27-26-8-2-4-14-34(26)41-35(27)20-23/h1-20H. The number of hydrogen-bond acceptors (Lipinski definition) is 3. The van der Waals surface area contributed by atoms with Crippen molar-refractivity contribution in [1.82, 2.24) is 4.57 Å². The fourth-order valence-electron chi connectivity index (χ4n) is 6.44. The zero-order valence-corrected chi connectivity index (χ0v) is 22.6. The first-order chi connectivity index (χ1) is 20.3. The highest BCUT2D eigenvalue weighted by Gasteiger charge is 2.19. The molecule has 0 aliphatic rings. The van der Waals surface area contributed by atoms with Gasteiger partial charge >= 0.3 is 0 Å². The Balaban J connectivity index is 1.33. The largest absolute Gasteiger partial charge is 0.454 e. The molecule has 0 saturated carbocycles. The van der Waals surface area contributed by atoms with Gasteiger partial charge in [0.1, 0.15) is 5.58 Å². The lowest BCUT2D eigenvalue weighted by Gasteiger charge is -2.09. The van der Waals surface area contributed by atoms with E-state index >= 15 is 0 Å². The predicted octanol–water partition coefficient (Wildman–Crippen LogP) is 10.6. The van der Waals surface area contributed by atoms with Crippen LogP contribution < -0.4 is 0 Å². The second kappa shape index (κ2) is 8.32. The van der Waals surface area contributed by atoms with Gasteiger partial charge in [0.2, 0.25) is 0 Å². The number of hydrogen-bond donors (Lipinski definition) is 0. The molecule has 9 rings (SSSR count). The van der Waals surface area contributed by atoms with Crippen LogP contribution in [0.2, 0.25) is 0 Å². The number of nitriles is 1. The van der Waals surface area contributed by atoms with Crippen LogP contribution in [0.15, 0.2) is 126 Å². The molecule has 6 aromatic carbocycles. The smallest absolute Gasteiger partial charge is 0.159 e. The van der Waals surface area contributed by atoms with E-state index in [9.17, 15) is 5.26 Å². The first-order valence-electron chi connectivity index (χ1n) is 13.6. The lowest BCUT2D eigenvalue weighted by Crippen LogP contribution is -1.94. The van der Waals surface area contributed by atoms with Crippen LogP contribution in [-0.4, -0.2) is 4.57 Å². The summed E-state index contributed by atoms with van der Waals surface area (Å²) in [6.07, 6.45) is 0. The molecule has 190 valence electrons. The van der Waals surface area contributed by atoms with E-state index in [2.05, 4.69) is 108 Å². The molecule has 0 amide bonds. The summed E-state index contributed by atoms with van der Waals surface area (Å²) in [6.45, 7) is 0. The van der Waals surface area contributed by atoms with Gasteiger partial charge in [-0.2, -0.15) is 5.26 Å². The molecule has 0 atom stereocenters. The number of benzene rings is 6. The maximum Gasteiger partial charge on any atom is 0.159 e. The normalized spacial score (nSPS) is 11.9. The molecule has 3 aromatic heterocycles. The first-order valence-corrected chi connectivity index (χ1v) is 14.4. The molecule has 0 spiro atoms. The Morgan fingerprint density at radius 1 is 0.610 bits per heavy atom. The van der Waals surface area contributed by atoms with E-state index in [0.717, 1.165) is 49.4 Å². The minimum atomic E-state index is 0.655. The van der Waals surface area contributed by atoms with Crippen molar-refractivity contribution in [3.63, 3.8) is 0 Å². The monoisotopic (exact) mass is 540 g/mol. The average molecular weight is 541 g/mol. The quantitative estimate of drug-likeness (QED) is 0.219. The third kappa shape index (κ3) is 3.12. The molecule has 3 nitrogen and oxygen atoms in total. The summed E-state index contributed by atoms with van der Waals surface area (Å²) in [5.41, 5.74) is 7.85. The number of furan rings is 1. The molecule has 4 heteroatoms. The van der Waals surface area contributed by atoms with Crippen LogP contribution >= 0.6 is 11.3 Å². The molecule has 0 bridgehead atoms. The second-order valence-electron chi connectivity index (χ2n) is 10.4.